The monoisotopic (exact) mass is 330 g/mol. The second kappa shape index (κ2) is 7.73. The highest BCUT2D eigenvalue weighted by Gasteiger charge is 2.24. The van der Waals surface area contributed by atoms with Crippen molar-refractivity contribution in [3.05, 3.63) is 53.1 Å². The minimum Gasteiger partial charge on any atom is -0.496 e. The van der Waals surface area contributed by atoms with Crippen molar-refractivity contribution in [3.63, 3.8) is 0 Å². The quantitative estimate of drug-likeness (QED) is 0.842. The highest BCUT2D eigenvalue weighted by atomic mass is 16.5. The topological polar surface area (TPSA) is 65.0 Å². The van der Waals surface area contributed by atoms with Gasteiger partial charge in [-0.15, -0.1) is 0 Å². The molecule has 0 saturated carbocycles. The summed E-state index contributed by atoms with van der Waals surface area (Å²) in [6.07, 6.45) is 0.329. The fourth-order valence-electron chi connectivity index (χ4n) is 2.70. The lowest BCUT2D eigenvalue weighted by Crippen LogP contribution is -2.16. The van der Waals surface area contributed by atoms with Crippen LogP contribution in [0, 0.1) is 6.92 Å². The smallest absolute Gasteiger partial charge is 0.311 e. The SMILES string of the molecule is COc1ccc(CC(C(=O)O)c2cc(C)ccc2OC)cc1OC. The first-order valence-electron chi connectivity index (χ1n) is 7.58. The van der Waals surface area contributed by atoms with E-state index in [0.29, 0.717) is 29.2 Å². The van der Waals surface area contributed by atoms with Crippen LogP contribution in [0.4, 0.5) is 0 Å². The summed E-state index contributed by atoms with van der Waals surface area (Å²) in [7, 11) is 4.67. The minimum absolute atomic E-state index is 0.329. The molecule has 1 N–H and O–H groups in total. The number of carbonyl (C=O) groups is 1. The Labute approximate surface area is 141 Å². The predicted octanol–water partition coefficient (Wildman–Crippen LogP) is 3.43. The molecule has 5 heteroatoms. The maximum atomic E-state index is 11.8. The number of hydrogen-bond donors (Lipinski definition) is 1. The summed E-state index contributed by atoms with van der Waals surface area (Å²) >= 11 is 0. The van der Waals surface area contributed by atoms with Crippen molar-refractivity contribution in [3.8, 4) is 17.2 Å². The van der Waals surface area contributed by atoms with E-state index in [1.807, 2.05) is 25.1 Å². The number of methoxy groups -OCH3 is 3. The van der Waals surface area contributed by atoms with Crippen molar-refractivity contribution in [2.24, 2.45) is 0 Å². The third-order valence-corrected chi connectivity index (χ3v) is 3.95. The fourth-order valence-corrected chi connectivity index (χ4v) is 2.70. The third-order valence-electron chi connectivity index (χ3n) is 3.95. The lowest BCUT2D eigenvalue weighted by Gasteiger charge is -2.18. The Morgan fingerprint density at radius 3 is 2.17 bits per heavy atom. The molecule has 5 nitrogen and oxygen atoms in total. The van der Waals surface area contributed by atoms with Crippen LogP contribution in [0.2, 0.25) is 0 Å². The van der Waals surface area contributed by atoms with Gasteiger partial charge in [-0.3, -0.25) is 4.79 Å². The van der Waals surface area contributed by atoms with Gasteiger partial charge in [-0.2, -0.15) is 0 Å². The van der Waals surface area contributed by atoms with Gasteiger partial charge in [0.05, 0.1) is 27.2 Å². The molecule has 0 amide bonds. The van der Waals surface area contributed by atoms with Crippen LogP contribution < -0.4 is 14.2 Å². The van der Waals surface area contributed by atoms with Crippen molar-refractivity contribution in [2.75, 3.05) is 21.3 Å². The number of carboxylic acid groups (broad SMARTS) is 1. The number of aliphatic carboxylic acids is 1. The fraction of sp³-hybridized carbons (Fsp3) is 0.316. The summed E-state index contributed by atoms with van der Waals surface area (Å²) in [5.41, 5.74) is 2.51. The van der Waals surface area contributed by atoms with Gasteiger partial charge in [-0.25, -0.2) is 0 Å². The first-order valence-corrected chi connectivity index (χ1v) is 7.58. The highest BCUT2D eigenvalue weighted by Crippen LogP contribution is 2.33. The van der Waals surface area contributed by atoms with Crippen molar-refractivity contribution in [1.29, 1.82) is 0 Å². The molecular formula is C19H22O5. The van der Waals surface area contributed by atoms with E-state index in [2.05, 4.69) is 0 Å². The largest absolute Gasteiger partial charge is 0.496 e. The molecule has 2 rings (SSSR count). The molecule has 1 unspecified atom stereocenters. The zero-order chi connectivity index (χ0) is 17.7. The van der Waals surface area contributed by atoms with E-state index >= 15 is 0 Å². The van der Waals surface area contributed by atoms with Crippen molar-refractivity contribution in [1.82, 2.24) is 0 Å². The molecule has 0 aliphatic rings. The zero-order valence-electron chi connectivity index (χ0n) is 14.3. The first kappa shape index (κ1) is 17.7. The summed E-state index contributed by atoms with van der Waals surface area (Å²) in [6, 6.07) is 11.0. The van der Waals surface area contributed by atoms with Gasteiger partial charge in [-0.1, -0.05) is 23.8 Å². The summed E-state index contributed by atoms with van der Waals surface area (Å²) in [4.78, 5) is 11.8. The lowest BCUT2D eigenvalue weighted by molar-refractivity contribution is -0.138. The number of hydrogen-bond acceptors (Lipinski definition) is 4. The molecule has 0 aliphatic carbocycles. The molecule has 1 atom stereocenters. The molecule has 0 aliphatic heterocycles. The first-order chi connectivity index (χ1) is 11.5. The Morgan fingerprint density at radius 2 is 1.58 bits per heavy atom. The predicted molar refractivity (Wildman–Crippen MR) is 91.4 cm³/mol. The molecule has 0 heterocycles. The molecule has 0 bridgehead atoms. The van der Waals surface area contributed by atoms with Crippen LogP contribution in [0.3, 0.4) is 0 Å². The van der Waals surface area contributed by atoms with E-state index in [1.54, 1.807) is 39.5 Å². The molecular weight excluding hydrogens is 308 g/mol. The maximum Gasteiger partial charge on any atom is 0.311 e. The summed E-state index contributed by atoms with van der Waals surface area (Å²) in [5, 5.41) is 9.71. The highest BCUT2D eigenvalue weighted by molar-refractivity contribution is 5.78. The van der Waals surface area contributed by atoms with Gasteiger partial charge in [0.2, 0.25) is 0 Å². The van der Waals surface area contributed by atoms with E-state index in [0.717, 1.165) is 11.1 Å². The zero-order valence-corrected chi connectivity index (χ0v) is 14.3. The van der Waals surface area contributed by atoms with Crippen LogP contribution in [0.5, 0.6) is 17.2 Å². The number of rotatable bonds is 7. The van der Waals surface area contributed by atoms with Crippen molar-refractivity contribution in [2.45, 2.75) is 19.3 Å². The number of carboxylic acids is 1. The molecule has 0 saturated heterocycles. The summed E-state index contributed by atoms with van der Waals surface area (Å²) < 4.78 is 15.9. The second-order valence-corrected chi connectivity index (χ2v) is 5.53. The van der Waals surface area contributed by atoms with E-state index in [-0.39, 0.29) is 0 Å². The Bertz CT molecular complexity index is 724. The van der Waals surface area contributed by atoms with Crippen LogP contribution in [0.1, 0.15) is 22.6 Å². The van der Waals surface area contributed by atoms with Crippen LogP contribution >= 0.6 is 0 Å². The molecule has 0 aromatic heterocycles. The van der Waals surface area contributed by atoms with Crippen LogP contribution in [-0.2, 0) is 11.2 Å². The van der Waals surface area contributed by atoms with E-state index < -0.39 is 11.9 Å². The lowest BCUT2D eigenvalue weighted by atomic mass is 9.90. The van der Waals surface area contributed by atoms with Gasteiger partial charge in [-0.05, 0) is 37.1 Å². The minimum atomic E-state index is -0.895. The molecule has 2 aromatic carbocycles. The molecule has 24 heavy (non-hydrogen) atoms. The second-order valence-electron chi connectivity index (χ2n) is 5.53. The Morgan fingerprint density at radius 1 is 0.958 bits per heavy atom. The normalized spacial score (nSPS) is 11.7. The standard InChI is InChI=1S/C19H22O5/c1-12-5-7-16(22-2)14(9-12)15(19(20)21)10-13-6-8-17(23-3)18(11-13)24-4/h5-9,11,15H,10H2,1-4H3,(H,20,21). The van der Waals surface area contributed by atoms with Crippen molar-refractivity contribution >= 4 is 5.97 Å². The summed E-state index contributed by atoms with van der Waals surface area (Å²) in [5.74, 6) is 0.164. The van der Waals surface area contributed by atoms with Gasteiger partial charge in [0.15, 0.2) is 11.5 Å². The van der Waals surface area contributed by atoms with Gasteiger partial charge in [0.1, 0.15) is 5.75 Å². The van der Waals surface area contributed by atoms with E-state index in [4.69, 9.17) is 14.2 Å². The van der Waals surface area contributed by atoms with Gasteiger partial charge in [0.25, 0.3) is 0 Å². The average Bonchev–Trinajstić information content (AvgIpc) is 2.59. The summed E-state index contributed by atoms with van der Waals surface area (Å²) in [6.45, 7) is 1.93. The van der Waals surface area contributed by atoms with E-state index in [1.165, 1.54) is 0 Å². The Balaban J connectivity index is 2.40. The Kier molecular flexibility index (Phi) is 5.68. The molecule has 0 spiro atoms. The number of ether oxygens (including phenoxy) is 3. The van der Waals surface area contributed by atoms with Gasteiger partial charge >= 0.3 is 5.97 Å². The average molecular weight is 330 g/mol. The van der Waals surface area contributed by atoms with E-state index in [9.17, 15) is 9.90 Å². The molecule has 0 radical (unpaired) electrons. The van der Waals surface area contributed by atoms with Crippen LogP contribution in [0.25, 0.3) is 0 Å². The van der Waals surface area contributed by atoms with Crippen LogP contribution in [-0.4, -0.2) is 32.4 Å². The van der Waals surface area contributed by atoms with Crippen LogP contribution in [0.15, 0.2) is 36.4 Å². The van der Waals surface area contributed by atoms with Gasteiger partial charge in [0, 0.05) is 5.56 Å². The molecule has 0 fully saturated rings. The molecule has 2 aromatic rings. The van der Waals surface area contributed by atoms with Crippen molar-refractivity contribution < 1.29 is 24.1 Å². The maximum absolute atomic E-state index is 11.8. The number of benzene rings is 2. The molecule has 128 valence electrons. The van der Waals surface area contributed by atoms with Gasteiger partial charge < -0.3 is 19.3 Å². The third kappa shape index (κ3) is 3.79. The number of aryl methyl sites for hydroxylation is 1. The Hall–Kier alpha value is -2.69.